The van der Waals surface area contributed by atoms with Crippen LogP contribution in [0.3, 0.4) is 0 Å². The number of carbonyl (C=O) groups is 6. The number of hydrogen-bond donors (Lipinski definition) is 3. The molecule has 0 unspecified atom stereocenters. The van der Waals surface area contributed by atoms with Crippen molar-refractivity contribution >= 4 is 36.2 Å². The molecule has 4 rings (SSSR count). The fourth-order valence-corrected chi connectivity index (χ4v) is 6.11. The van der Waals surface area contributed by atoms with Crippen molar-refractivity contribution in [3.63, 3.8) is 0 Å². The van der Waals surface area contributed by atoms with E-state index in [1.165, 1.54) is 6.20 Å². The first kappa shape index (κ1) is 55.7. The van der Waals surface area contributed by atoms with Gasteiger partial charge in [0, 0.05) is 19.0 Å². The van der Waals surface area contributed by atoms with Gasteiger partial charge in [-0.2, -0.15) is 0 Å². The SMILES string of the molecule is CC(C)(C)OC(=O)N[C@@H](CC#Cc1cc(CC[C@H](NC(=O)OC(C)(C)C)C(=O)OCc2ccccc2)cnc1C#CC[C@H](NC(=O)OC(C)(C)C)C(=O)OCc1ccccc1)C(=O)OCc1ccccc1. The zero-order valence-electron chi connectivity index (χ0n) is 41.8. The maximum Gasteiger partial charge on any atom is 0.408 e. The lowest BCUT2D eigenvalue weighted by atomic mass is 10.0. The van der Waals surface area contributed by atoms with Crippen molar-refractivity contribution in [1.29, 1.82) is 0 Å². The van der Waals surface area contributed by atoms with Crippen LogP contribution in [-0.4, -0.2) is 76.1 Å². The summed E-state index contributed by atoms with van der Waals surface area (Å²) >= 11 is 0. The number of hydrogen-bond acceptors (Lipinski definition) is 13. The van der Waals surface area contributed by atoms with E-state index in [1.54, 1.807) is 129 Å². The van der Waals surface area contributed by atoms with Crippen LogP contribution in [0.15, 0.2) is 103 Å². The summed E-state index contributed by atoms with van der Waals surface area (Å²) in [5, 5.41) is 7.75. The molecule has 0 saturated carbocycles. The lowest BCUT2D eigenvalue weighted by molar-refractivity contribution is -0.148. The van der Waals surface area contributed by atoms with E-state index in [2.05, 4.69) is 44.6 Å². The zero-order valence-corrected chi connectivity index (χ0v) is 41.8. The Kier molecular flexibility index (Phi) is 21.0. The number of rotatable bonds is 17. The number of nitrogens with one attached hydrogen (secondary N) is 3. The Bertz CT molecular complexity index is 2540. The molecule has 3 aromatic carbocycles. The van der Waals surface area contributed by atoms with Crippen LogP contribution in [0.1, 0.15) is 115 Å². The molecule has 376 valence electrons. The summed E-state index contributed by atoms with van der Waals surface area (Å²) in [6.07, 6.45) is -1.21. The van der Waals surface area contributed by atoms with Gasteiger partial charge in [0.05, 0.1) is 5.56 Å². The Morgan fingerprint density at radius 3 is 1.23 bits per heavy atom. The summed E-state index contributed by atoms with van der Waals surface area (Å²) in [5.41, 5.74) is 0.659. The molecule has 1 heterocycles. The Labute approximate surface area is 416 Å². The van der Waals surface area contributed by atoms with Gasteiger partial charge in [-0.25, -0.2) is 33.8 Å². The van der Waals surface area contributed by atoms with Crippen molar-refractivity contribution in [2.24, 2.45) is 0 Å². The van der Waals surface area contributed by atoms with Gasteiger partial charge in [0.2, 0.25) is 0 Å². The lowest BCUT2D eigenvalue weighted by Gasteiger charge is -2.23. The molecule has 71 heavy (non-hydrogen) atoms. The first-order valence-corrected chi connectivity index (χ1v) is 23.1. The molecule has 0 aliphatic heterocycles. The summed E-state index contributed by atoms with van der Waals surface area (Å²) in [4.78, 5) is 83.6. The molecule has 3 atom stereocenters. The first-order chi connectivity index (χ1) is 33.5. The molecule has 0 fully saturated rings. The third-order valence-electron chi connectivity index (χ3n) is 9.31. The van der Waals surface area contributed by atoms with E-state index in [1.807, 2.05) is 30.3 Å². The summed E-state index contributed by atoms with van der Waals surface area (Å²) in [7, 11) is 0. The average molecular weight is 973 g/mol. The molecule has 16 heteroatoms. The number of esters is 3. The lowest BCUT2D eigenvalue weighted by Crippen LogP contribution is -2.44. The second-order valence-electron chi connectivity index (χ2n) is 19.2. The van der Waals surface area contributed by atoms with E-state index in [-0.39, 0.29) is 56.8 Å². The summed E-state index contributed by atoms with van der Waals surface area (Å²) < 4.78 is 33.0. The molecule has 0 aliphatic carbocycles. The Morgan fingerprint density at radius 2 is 0.845 bits per heavy atom. The topological polar surface area (TPSA) is 207 Å². The molecule has 3 N–H and O–H groups in total. The van der Waals surface area contributed by atoms with Crippen LogP contribution in [0.2, 0.25) is 0 Å². The molecule has 4 aromatic rings. The molecular weight excluding hydrogens is 909 g/mol. The van der Waals surface area contributed by atoms with Crippen molar-refractivity contribution in [3.05, 3.63) is 137 Å². The highest BCUT2D eigenvalue weighted by atomic mass is 16.6. The number of amides is 3. The first-order valence-electron chi connectivity index (χ1n) is 23.1. The minimum absolute atomic E-state index is 0.0245. The summed E-state index contributed by atoms with van der Waals surface area (Å²) in [6, 6.07) is 25.2. The van der Waals surface area contributed by atoms with Crippen LogP contribution in [0.25, 0.3) is 0 Å². The van der Waals surface area contributed by atoms with Crippen molar-refractivity contribution in [3.8, 4) is 23.7 Å². The van der Waals surface area contributed by atoms with Crippen LogP contribution >= 0.6 is 0 Å². The predicted octanol–water partition coefficient (Wildman–Crippen LogP) is 8.41. The molecule has 1 aromatic heterocycles. The van der Waals surface area contributed by atoms with Crippen LogP contribution in [0.4, 0.5) is 14.4 Å². The number of pyridine rings is 1. The van der Waals surface area contributed by atoms with Crippen LogP contribution in [-0.2, 0) is 69.0 Å². The van der Waals surface area contributed by atoms with Gasteiger partial charge in [0.25, 0.3) is 0 Å². The molecule has 0 spiro atoms. The van der Waals surface area contributed by atoms with Crippen molar-refractivity contribution in [2.75, 3.05) is 0 Å². The van der Waals surface area contributed by atoms with Crippen molar-refractivity contribution in [1.82, 2.24) is 20.9 Å². The quantitative estimate of drug-likeness (QED) is 0.0517. The smallest absolute Gasteiger partial charge is 0.408 e. The van der Waals surface area contributed by atoms with Gasteiger partial charge in [0.1, 0.15) is 60.4 Å². The maximum absolute atomic E-state index is 13.5. The van der Waals surface area contributed by atoms with E-state index in [0.717, 1.165) is 16.7 Å². The third-order valence-corrected chi connectivity index (χ3v) is 9.31. The second kappa shape index (κ2) is 26.8. The van der Waals surface area contributed by atoms with Gasteiger partial charge in [0.15, 0.2) is 0 Å². The maximum atomic E-state index is 13.5. The number of nitrogens with zero attached hydrogens (tertiary/aromatic N) is 1. The van der Waals surface area contributed by atoms with Gasteiger partial charge in [-0.05, 0) is 109 Å². The largest absolute Gasteiger partial charge is 0.459 e. The fourth-order valence-electron chi connectivity index (χ4n) is 6.11. The minimum Gasteiger partial charge on any atom is -0.459 e. The Hall–Kier alpha value is -7.85. The Morgan fingerprint density at radius 1 is 0.493 bits per heavy atom. The molecular formula is C55H64N4O12. The van der Waals surface area contributed by atoms with Crippen LogP contribution in [0.5, 0.6) is 0 Å². The highest BCUT2D eigenvalue weighted by Gasteiger charge is 2.28. The van der Waals surface area contributed by atoms with Crippen LogP contribution < -0.4 is 16.0 Å². The summed E-state index contributed by atoms with van der Waals surface area (Å²) in [6.45, 7) is 15.1. The molecule has 0 saturated heterocycles. The Balaban J connectivity index is 1.68. The van der Waals surface area contributed by atoms with Gasteiger partial charge in [-0.15, -0.1) is 0 Å². The number of benzene rings is 3. The van der Waals surface area contributed by atoms with E-state index < -0.39 is 71.1 Å². The molecule has 16 nitrogen and oxygen atoms in total. The van der Waals surface area contributed by atoms with Crippen LogP contribution in [0, 0.1) is 23.7 Å². The number of carbonyl (C=O) groups excluding carboxylic acids is 6. The fraction of sp³-hybridized carbons (Fsp3) is 0.400. The highest BCUT2D eigenvalue weighted by Crippen LogP contribution is 2.16. The summed E-state index contributed by atoms with van der Waals surface area (Å²) in [5.74, 6) is 9.64. The second-order valence-corrected chi connectivity index (χ2v) is 19.2. The van der Waals surface area contributed by atoms with Gasteiger partial charge < -0.3 is 44.4 Å². The van der Waals surface area contributed by atoms with Gasteiger partial charge >= 0.3 is 36.2 Å². The standard InChI is InChI=1S/C55H64N4O12/c1-53(2,3)69-50(63)57-44(47(60)66-35-38-21-13-10-14-22-38)29-19-27-42-33-41(31-32-46(59-52(65)71-55(7,8)9)49(62)68-37-40-25-17-12-18-26-40)34-56-43(42)28-20-30-45(58-51(64)70-54(4,5)6)48(61)67-36-39-23-15-11-16-24-39/h10-18,21-26,33-34,44-46H,29-32,35-37H2,1-9H3,(H,57,63)(H,58,64)(H,59,65)/t44-,45-,46-/m0/s1. The van der Waals surface area contributed by atoms with E-state index in [0.29, 0.717) is 5.56 Å². The monoisotopic (exact) mass is 972 g/mol. The molecule has 3 amide bonds. The van der Waals surface area contributed by atoms with E-state index in [9.17, 15) is 28.8 Å². The van der Waals surface area contributed by atoms with E-state index in [4.69, 9.17) is 28.4 Å². The molecule has 0 aliphatic rings. The minimum atomic E-state index is -1.25. The van der Waals surface area contributed by atoms with Crippen molar-refractivity contribution in [2.45, 2.75) is 143 Å². The number of aromatic nitrogens is 1. The highest BCUT2D eigenvalue weighted by molar-refractivity contribution is 5.83. The molecule has 0 radical (unpaired) electrons. The third kappa shape index (κ3) is 22.4. The normalized spacial score (nSPS) is 12.4. The average Bonchev–Trinajstić information content (AvgIpc) is 3.29. The number of alkyl carbamates (subject to hydrolysis) is 3. The van der Waals surface area contributed by atoms with Gasteiger partial charge in [-0.3, -0.25) is 0 Å². The van der Waals surface area contributed by atoms with Crippen molar-refractivity contribution < 1.29 is 57.2 Å². The zero-order chi connectivity index (χ0) is 52.0. The van der Waals surface area contributed by atoms with Gasteiger partial charge in [-0.1, -0.05) is 109 Å². The van der Waals surface area contributed by atoms with E-state index >= 15 is 0 Å². The number of ether oxygens (including phenoxy) is 6. The predicted molar refractivity (Wildman–Crippen MR) is 264 cm³/mol. The molecule has 0 bridgehead atoms. The number of aryl methyl sites for hydroxylation is 1.